The fourth-order valence-corrected chi connectivity index (χ4v) is 4.79. The number of aromatic nitrogens is 3. The van der Waals surface area contributed by atoms with Crippen LogP contribution in [0, 0.1) is 0 Å². The van der Waals surface area contributed by atoms with Crippen LogP contribution in [0.2, 0.25) is 10.0 Å². The topological polar surface area (TPSA) is 100 Å². The van der Waals surface area contributed by atoms with Gasteiger partial charge in [0.15, 0.2) is 5.03 Å². The van der Waals surface area contributed by atoms with E-state index in [9.17, 15) is 8.42 Å². The van der Waals surface area contributed by atoms with Gasteiger partial charge in [0.05, 0.1) is 18.8 Å². The van der Waals surface area contributed by atoms with Crippen molar-refractivity contribution >= 4 is 33.3 Å². The van der Waals surface area contributed by atoms with Crippen LogP contribution in [-0.2, 0) is 23.2 Å². The average Bonchev–Trinajstić information content (AvgIpc) is 3.01. The van der Waals surface area contributed by atoms with Gasteiger partial charge in [-0.05, 0) is 23.6 Å². The molecule has 0 aliphatic heterocycles. The van der Waals surface area contributed by atoms with Crippen molar-refractivity contribution in [3.05, 3.63) is 69.9 Å². The summed E-state index contributed by atoms with van der Waals surface area (Å²) in [6.45, 7) is 4.01. The van der Waals surface area contributed by atoms with Gasteiger partial charge < -0.3 is 14.5 Å². The van der Waals surface area contributed by atoms with Crippen LogP contribution < -0.4 is 9.92 Å². The highest BCUT2D eigenvalue weighted by atomic mass is 35.5. The summed E-state index contributed by atoms with van der Waals surface area (Å²) in [6, 6.07) is 7.87. The molecule has 0 atom stereocenters. The van der Waals surface area contributed by atoms with E-state index in [1.807, 2.05) is 19.9 Å². The van der Waals surface area contributed by atoms with Crippen molar-refractivity contribution in [3.8, 4) is 5.75 Å². The normalized spacial score (nSPS) is 11.8. The van der Waals surface area contributed by atoms with Crippen molar-refractivity contribution in [2.75, 3.05) is 0 Å². The highest BCUT2D eigenvalue weighted by Gasteiger charge is 2.31. The summed E-state index contributed by atoms with van der Waals surface area (Å²) < 4.78 is 33.4. The molecule has 2 N–H and O–H groups in total. The van der Waals surface area contributed by atoms with E-state index in [1.165, 1.54) is 18.2 Å². The SMILES string of the molecule is CC(C)c1nc(CN)n(Cc2cccnc2)c1S(=O)(=O)Oc1cc(Cl)cc(Cl)c1. The standard InChI is InChI=1S/C19H20Cl2N4O3S/c1-12(2)18-19(29(26,27)28-16-7-14(20)6-15(21)8-16)25(17(9-22)24-18)11-13-4-3-5-23-10-13/h3-8,10,12H,9,11,22H2,1-2H3. The lowest BCUT2D eigenvalue weighted by molar-refractivity contribution is 0.471. The second-order valence-corrected chi connectivity index (χ2v) is 9.00. The lowest BCUT2D eigenvalue weighted by Crippen LogP contribution is -2.19. The third-order valence-electron chi connectivity index (χ3n) is 4.10. The van der Waals surface area contributed by atoms with E-state index < -0.39 is 10.1 Å². The fourth-order valence-electron chi connectivity index (χ4n) is 2.88. The number of pyridine rings is 1. The van der Waals surface area contributed by atoms with Gasteiger partial charge in [-0.25, -0.2) is 4.98 Å². The Balaban J connectivity index is 2.13. The largest absolute Gasteiger partial charge is 0.378 e. The zero-order valence-electron chi connectivity index (χ0n) is 15.8. The molecular formula is C19H20Cl2N4O3S. The van der Waals surface area contributed by atoms with Crippen molar-refractivity contribution in [1.82, 2.24) is 14.5 Å². The number of nitrogens with zero attached hydrogens (tertiary/aromatic N) is 3. The number of hydrogen-bond donors (Lipinski definition) is 1. The predicted octanol–water partition coefficient (Wildman–Crippen LogP) is 3.98. The highest BCUT2D eigenvalue weighted by molar-refractivity contribution is 7.87. The molecule has 0 unspecified atom stereocenters. The van der Waals surface area contributed by atoms with Crippen LogP contribution in [0.15, 0.2) is 47.8 Å². The maximum atomic E-state index is 13.3. The smallest absolute Gasteiger partial charge is 0.357 e. The maximum absolute atomic E-state index is 13.3. The minimum Gasteiger partial charge on any atom is -0.378 e. The molecule has 3 aromatic rings. The molecule has 29 heavy (non-hydrogen) atoms. The van der Waals surface area contributed by atoms with Crippen LogP contribution in [0.3, 0.4) is 0 Å². The third kappa shape index (κ3) is 4.90. The summed E-state index contributed by atoms with van der Waals surface area (Å²) in [5, 5.41) is 0.476. The number of imidazole rings is 1. The molecule has 0 aliphatic carbocycles. The van der Waals surface area contributed by atoms with Crippen molar-refractivity contribution in [1.29, 1.82) is 0 Å². The predicted molar refractivity (Wildman–Crippen MR) is 112 cm³/mol. The molecule has 2 heterocycles. The van der Waals surface area contributed by atoms with Crippen molar-refractivity contribution < 1.29 is 12.6 Å². The number of benzene rings is 1. The minimum atomic E-state index is -4.26. The molecule has 2 aromatic heterocycles. The molecule has 1 aromatic carbocycles. The molecule has 0 bridgehead atoms. The number of rotatable bonds is 7. The Morgan fingerprint density at radius 1 is 1.21 bits per heavy atom. The molecule has 0 aliphatic rings. The van der Waals surface area contributed by atoms with E-state index in [0.29, 0.717) is 11.5 Å². The zero-order chi connectivity index (χ0) is 21.2. The molecule has 0 saturated carbocycles. The molecule has 0 radical (unpaired) electrons. The minimum absolute atomic E-state index is 0.0145. The van der Waals surface area contributed by atoms with Crippen LogP contribution in [-0.4, -0.2) is 23.0 Å². The molecule has 0 spiro atoms. The summed E-state index contributed by atoms with van der Waals surface area (Å²) in [4.78, 5) is 8.56. The van der Waals surface area contributed by atoms with Gasteiger partial charge in [0.25, 0.3) is 0 Å². The number of halogens is 2. The van der Waals surface area contributed by atoms with Gasteiger partial charge in [-0.1, -0.05) is 43.1 Å². The van der Waals surface area contributed by atoms with Gasteiger partial charge in [-0.15, -0.1) is 0 Å². The monoisotopic (exact) mass is 454 g/mol. The highest BCUT2D eigenvalue weighted by Crippen LogP contribution is 2.31. The first-order valence-electron chi connectivity index (χ1n) is 8.80. The van der Waals surface area contributed by atoms with E-state index >= 15 is 0 Å². The van der Waals surface area contributed by atoms with Gasteiger partial charge in [0.1, 0.15) is 11.6 Å². The quantitative estimate of drug-likeness (QED) is 0.541. The van der Waals surface area contributed by atoms with Gasteiger partial charge >= 0.3 is 10.1 Å². The van der Waals surface area contributed by atoms with Crippen molar-refractivity contribution in [3.63, 3.8) is 0 Å². The third-order valence-corrected chi connectivity index (χ3v) is 5.85. The van der Waals surface area contributed by atoms with Crippen molar-refractivity contribution in [2.24, 2.45) is 5.73 Å². The van der Waals surface area contributed by atoms with E-state index in [4.69, 9.17) is 33.1 Å². The zero-order valence-corrected chi connectivity index (χ0v) is 18.2. The van der Waals surface area contributed by atoms with Crippen molar-refractivity contribution in [2.45, 2.75) is 37.9 Å². The summed E-state index contributed by atoms with van der Waals surface area (Å²) in [6.07, 6.45) is 3.30. The Kier molecular flexibility index (Phi) is 6.48. The molecule has 7 nitrogen and oxygen atoms in total. The number of hydrogen-bond acceptors (Lipinski definition) is 6. The second-order valence-electron chi connectivity index (χ2n) is 6.67. The molecule has 0 amide bonds. The lowest BCUT2D eigenvalue weighted by atomic mass is 10.1. The van der Waals surface area contributed by atoms with E-state index in [2.05, 4.69) is 9.97 Å². The molecule has 0 fully saturated rings. The molecule has 0 saturated heterocycles. The van der Waals surface area contributed by atoms with E-state index in [1.54, 1.807) is 23.0 Å². The maximum Gasteiger partial charge on any atom is 0.357 e. The van der Waals surface area contributed by atoms with Gasteiger partial charge in [0.2, 0.25) is 0 Å². The molecule has 10 heteroatoms. The van der Waals surface area contributed by atoms with Gasteiger partial charge in [-0.2, -0.15) is 8.42 Å². The Morgan fingerprint density at radius 2 is 1.90 bits per heavy atom. The van der Waals surface area contributed by atoms with Gasteiger partial charge in [0, 0.05) is 34.6 Å². The Labute approximate surface area is 179 Å². The van der Waals surface area contributed by atoms with Gasteiger partial charge in [-0.3, -0.25) is 4.98 Å². The first-order valence-corrected chi connectivity index (χ1v) is 11.0. The summed E-state index contributed by atoms with van der Waals surface area (Å²) in [5.74, 6) is 0.274. The molecule has 3 rings (SSSR count). The van der Waals surface area contributed by atoms with Crippen LogP contribution in [0.25, 0.3) is 0 Å². The first kappa shape index (κ1) is 21.6. The van der Waals surface area contributed by atoms with Crippen LogP contribution in [0.5, 0.6) is 5.75 Å². The Hall–Kier alpha value is -2.13. The van der Waals surface area contributed by atoms with Crippen LogP contribution in [0.4, 0.5) is 0 Å². The van der Waals surface area contributed by atoms with E-state index in [0.717, 1.165) is 5.56 Å². The lowest BCUT2D eigenvalue weighted by Gasteiger charge is -2.14. The molecular weight excluding hydrogens is 435 g/mol. The summed E-state index contributed by atoms with van der Waals surface area (Å²) in [5.41, 5.74) is 7.03. The van der Waals surface area contributed by atoms with Crippen LogP contribution in [0.1, 0.15) is 36.8 Å². The Morgan fingerprint density at radius 3 is 2.45 bits per heavy atom. The van der Waals surface area contributed by atoms with E-state index in [-0.39, 0.29) is 39.8 Å². The summed E-state index contributed by atoms with van der Waals surface area (Å²) in [7, 11) is -4.26. The fraction of sp³-hybridized carbons (Fsp3) is 0.263. The molecule has 154 valence electrons. The first-order chi connectivity index (χ1) is 13.7. The number of nitrogens with two attached hydrogens (primary N) is 1. The Bertz CT molecular complexity index is 1100. The average molecular weight is 455 g/mol. The van der Waals surface area contributed by atoms with Crippen LogP contribution >= 0.6 is 23.2 Å². The summed E-state index contributed by atoms with van der Waals surface area (Å²) >= 11 is 11.9. The second kappa shape index (κ2) is 8.71.